The Balaban J connectivity index is 1.63. The van der Waals surface area contributed by atoms with Crippen LogP contribution in [0.25, 0.3) is 0 Å². The number of nitrogens with zero attached hydrogens (tertiary/aromatic N) is 1. The molecule has 0 fully saturated rings. The Hall–Kier alpha value is -1.94. The fourth-order valence-corrected chi connectivity index (χ4v) is 3.81. The van der Waals surface area contributed by atoms with Gasteiger partial charge in [0, 0.05) is 18.0 Å². The molecule has 0 saturated carbocycles. The van der Waals surface area contributed by atoms with Crippen LogP contribution < -0.4 is 10.2 Å². The van der Waals surface area contributed by atoms with Crippen LogP contribution in [0.2, 0.25) is 0 Å². The van der Waals surface area contributed by atoms with E-state index in [4.69, 9.17) is 0 Å². The van der Waals surface area contributed by atoms with Gasteiger partial charge in [0.05, 0.1) is 12.2 Å². The molecule has 0 aromatic heterocycles. The van der Waals surface area contributed by atoms with E-state index in [-0.39, 0.29) is 5.91 Å². The van der Waals surface area contributed by atoms with Crippen molar-refractivity contribution in [3.63, 3.8) is 0 Å². The van der Waals surface area contributed by atoms with E-state index in [0.717, 1.165) is 18.7 Å². The Morgan fingerprint density at radius 1 is 1.17 bits per heavy atom. The Bertz CT molecular complexity index is 687. The highest BCUT2D eigenvalue weighted by Crippen LogP contribution is 2.33. The van der Waals surface area contributed by atoms with Gasteiger partial charge in [-0.05, 0) is 42.4 Å². The summed E-state index contributed by atoms with van der Waals surface area (Å²) in [6.45, 7) is 4.02. The first-order valence-electron chi connectivity index (χ1n) is 8.02. The summed E-state index contributed by atoms with van der Waals surface area (Å²) in [6.07, 6.45) is 1.10. The van der Waals surface area contributed by atoms with Gasteiger partial charge in [-0.1, -0.05) is 36.4 Å². The smallest absolute Gasteiger partial charge is 0.239 e. The summed E-state index contributed by atoms with van der Waals surface area (Å²) in [7, 11) is 0. The zero-order valence-electron chi connectivity index (χ0n) is 13.4. The summed E-state index contributed by atoms with van der Waals surface area (Å²) in [6, 6.07) is 16.5. The maximum absolute atomic E-state index is 12.4. The first-order valence-corrected chi connectivity index (χ1v) is 9.00. The molecule has 0 saturated heterocycles. The van der Waals surface area contributed by atoms with E-state index in [1.165, 1.54) is 21.7 Å². The normalized spacial score (nSPS) is 14.0. The second kappa shape index (κ2) is 7.55. The van der Waals surface area contributed by atoms with Crippen molar-refractivity contribution in [2.75, 3.05) is 23.7 Å². The number of hydrogen-bond acceptors (Lipinski definition) is 3. The summed E-state index contributed by atoms with van der Waals surface area (Å²) < 4.78 is 0. The van der Waals surface area contributed by atoms with E-state index in [1.54, 1.807) is 0 Å². The predicted octanol–water partition coefficient (Wildman–Crippen LogP) is 3.61. The van der Waals surface area contributed by atoms with Crippen molar-refractivity contribution in [3.05, 3.63) is 59.7 Å². The highest BCUT2D eigenvalue weighted by molar-refractivity contribution is 7.99. The lowest BCUT2D eigenvalue weighted by Crippen LogP contribution is -2.37. The van der Waals surface area contributed by atoms with E-state index in [0.29, 0.717) is 13.1 Å². The summed E-state index contributed by atoms with van der Waals surface area (Å²) in [5, 5.41) is 3.05. The van der Waals surface area contributed by atoms with Crippen molar-refractivity contribution < 1.29 is 4.79 Å². The average molecular weight is 326 g/mol. The largest absolute Gasteiger partial charge is 0.361 e. The number of carbonyl (C=O) groups is 1. The number of carbonyl (C=O) groups excluding carboxylic acids is 1. The van der Waals surface area contributed by atoms with Crippen LogP contribution >= 0.6 is 11.8 Å². The van der Waals surface area contributed by atoms with Gasteiger partial charge in [0.1, 0.15) is 0 Å². The number of anilines is 1. The van der Waals surface area contributed by atoms with Crippen molar-refractivity contribution in [1.82, 2.24) is 5.32 Å². The molecule has 120 valence electrons. The second-order valence-electron chi connectivity index (χ2n) is 5.79. The van der Waals surface area contributed by atoms with Crippen molar-refractivity contribution >= 4 is 23.4 Å². The molecule has 3 nitrogen and oxygen atoms in total. The first kappa shape index (κ1) is 15.9. The van der Waals surface area contributed by atoms with Gasteiger partial charge in [-0.2, -0.15) is 0 Å². The Labute approximate surface area is 142 Å². The zero-order chi connectivity index (χ0) is 16.1. The molecular weight excluding hydrogens is 304 g/mol. The molecule has 0 bridgehead atoms. The summed E-state index contributed by atoms with van der Waals surface area (Å²) in [5.74, 6) is 1.19. The fourth-order valence-electron chi connectivity index (χ4n) is 2.79. The highest BCUT2D eigenvalue weighted by atomic mass is 32.2. The lowest BCUT2D eigenvalue weighted by molar-refractivity contribution is -0.119. The molecule has 1 amide bonds. The maximum Gasteiger partial charge on any atom is 0.239 e. The summed E-state index contributed by atoms with van der Waals surface area (Å²) in [4.78, 5) is 15.8. The third kappa shape index (κ3) is 4.08. The van der Waals surface area contributed by atoms with E-state index in [1.807, 2.05) is 30.0 Å². The molecule has 0 aliphatic carbocycles. The Morgan fingerprint density at radius 3 is 2.83 bits per heavy atom. The zero-order valence-corrected chi connectivity index (χ0v) is 14.2. The molecule has 1 heterocycles. The van der Waals surface area contributed by atoms with E-state index < -0.39 is 0 Å². The number of aryl methyl sites for hydroxylation is 1. The molecular formula is C19H22N2OS. The van der Waals surface area contributed by atoms with Crippen LogP contribution in [-0.2, 0) is 11.3 Å². The van der Waals surface area contributed by atoms with Gasteiger partial charge in [-0.15, -0.1) is 11.8 Å². The van der Waals surface area contributed by atoms with Crippen molar-refractivity contribution in [2.24, 2.45) is 0 Å². The van der Waals surface area contributed by atoms with Gasteiger partial charge >= 0.3 is 0 Å². The number of amides is 1. The maximum atomic E-state index is 12.4. The van der Waals surface area contributed by atoms with Crippen LogP contribution in [0, 0.1) is 6.92 Å². The van der Waals surface area contributed by atoms with Gasteiger partial charge in [0.25, 0.3) is 0 Å². The van der Waals surface area contributed by atoms with Gasteiger partial charge in [-0.3, -0.25) is 4.79 Å². The number of nitrogens with one attached hydrogen (secondary N) is 1. The third-order valence-electron chi connectivity index (χ3n) is 4.11. The number of rotatable bonds is 4. The van der Waals surface area contributed by atoms with E-state index in [9.17, 15) is 4.79 Å². The van der Waals surface area contributed by atoms with Crippen molar-refractivity contribution in [1.29, 1.82) is 0 Å². The Morgan fingerprint density at radius 2 is 1.96 bits per heavy atom. The molecule has 23 heavy (non-hydrogen) atoms. The second-order valence-corrected chi connectivity index (χ2v) is 6.93. The summed E-state index contributed by atoms with van der Waals surface area (Å²) >= 11 is 1.88. The molecule has 1 N–H and O–H groups in total. The van der Waals surface area contributed by atoms with Crippen molar-refractivity contribution in [2.45, 2.75) is 24.8 Å². The quantitative estimate of drug-likeness (QED) is 0.931. The fraction of sp³-hybridized carbons (Fsp3) is 0.316. The minimum atomic E-state index is 0.0787. The molecule has 0 radical (unpaired) electrons. The lowest BCUT2D eigenvalue weighted by atomic mass is 10.1. The van der Waals surface area contributed by atoms with Crippen LogP contribution in [-0.4, -0.2) is 24.7 Å². The molecule has 0 unspecified atom stereocenters. The molecule has 4 heteroatoms. The topological polar surface area (TPSA) is 32.3 Å². The van der Waals surface area contributed by atoms with Crippen LogP contribution in [0.1, 0.15) is 17.5 Å². The molecule has 0 atom stereocenters. The SMILES string of the molecule is Cc1ccccc1CNC(=O)CN1CCCSc2ccccc21. The van der Waals surface area contributed by atoms with Crippen molar-refractivity contribution in [3.8, 4) is 0 Å². The monoisotopic (exact) mass is 326 g/mol. The number of hydrogen-bond donors (Lipinski definition) is 1. The molecule has 1 aliphatic heterocycles. The minimum Gasteiger partial charge on any atom is -0.361 e. The van der Waals surface area contributed by atoms with Crippen LogP contribution in [0.15, 0.2) is 53.4 Å². The molecule has 0 spiro atoms. The number of para-hydroxylation sites is 1. The number of thioether (sulfide) groups is 1. The standard InChI is InChI=1S/C19H22N2OS/c1-15-7-2-3-8-16(15)13-20-19(22)14-21-11-6-12-23-18-10-5-4-9-17(18)21/h2-5,7-10H,6,11-14H2,1H3,(H,20,22). The highest BCUT2D eigenvalue weighted by Gasteiger charge is 2.17. The molecule has 2 aromatic rings. The van der Waals surface area contributed by atoms with Gasteiger partial charge < -0.3 is 10.2 Å². The van der Waals surface area contributed by atoms with Crippen LogP contribution in [0.4, 0.5) is 5.69 Å². The summed E-state index contributed by atoms with van der Waals surface area (Å²) in [5.41, 5.74) is 3.57. The number of benzene rings is 2. The predicted molar refractivity (Wildman–Crippen MR) is 97.0 cm³/mol. The van der Waals surface area contributed by atoms with Crippen LogP contribution in [0.3, 0.4) is 0 Å². The van der Waals surface area contributed by atoms with Gasteiger partial charge in [0.15, 0.2) is 0 Å². The lowest BCUT2D eigenvalue weighted by Gasteiger charge is -2.24. The molecule has 3 rings (SSSR count). The minimum absolute atomic E-state index is 0.0787. The Kier molecular flexibility index (Phi) is 5.23. The van der Waals surface area contributed by atoms with E-state index in [2.05, 4.69) is 47.5 Å². The van der Waals surface area contributed by atoms with E-state index >= 15 is 0 Å². The molecule has 1 aliphatic rings. The average Bonchev–Trinajstić information content (AvgIpc) is 2.77. The first-order chi connectivity index (χ1) is 11.2. The van der Waals surface area contributed by atoms with Gasteiger partial charge in [0.2, 0.25) is 5.91 Å². The molecule has 2 aromatic carbocycles. The third-order valence-corrected chi connectivity index (χ3v) is 5.26. The number of fused-ring (bicyclic) bond motifs is 1. The van der Waals surface area contributed by atoms with Gasteiger partial charge in [-0.25, -0.2) is 0 Å². The van der Waals surface area contributed by atoms with Crippen LogP contribution in [0.5, 0.6) is 0 Å².